The molecule has 9 nitrogen and oxygen atoms in total. The van der Waals surface area contributed by atoms with Crippen molar-refractivity contribution in [1.82, 2.24) is 0 Å². The zero-order chi connectivity index (χ0) is 38.8. The molecule has 4 aromatic rings. The van der Waals surface area contributed by atoms with E-state index in [0.717, 1.165) is 43.2 Å². The molecule has 0 radical (unpaired) electrons. The first-order chi connectivity index (χ1) is 26.5. The highest BCUT2D eigenvalue weighted by molar-refractivity contribution is 5.91. The van der Waals surface area contributed by atoms with E-state index in [9.17, 15) is 9.59 Å². The first kappa shape index (κ1) is 40.0. The van der Waals surface area contributed by atoms with Crippen LogP contribution in [0.1, 0.15) is 111 Å². The van der Waals surface area contributed by atoms with Gasteiger partial charge in [-0.2, -0.15) is 0 Å². The van der Waals surface area contributed by atoms with Crippen LogP contribution < -0.4 is 18.9 Å². The molecule has 1 saturated heterocycles. The number of ether oxygens (including phenoxy) is 7. The highest BCUT2D eigenvalue weighted by Crippen LogP contribution is 2.45. The Kier molecular flexibility index (Phi) is 13.3. The van der Waals surface area contributed by atoms with E-state index in [-0.39, 0.29) is 29.5 Å². The van der Waals surface area contributed by atoms with Crippen LogP contribution in [-0.2, 0) is 20.6 Å². The van der Waals surface area contributed by atoms with Gasteiger partial charge in [0.2, 0.25) is 0 Å². The van der Waals surface area contributed by atoms with Gasteiger partial charge >= 0.3 is 11.9 Å². The molecule has 1 aliphatic heterocycles. The number of esters is 2. The molecule has 0 aromatic heterocycles. The maximum atomic E-state index is 12.9. The summed E-state index contributed by atoms with van der Waals surface area (Å²) < 4.78 is 40.8. The zero-order valence-electron chi connectivity index (χ0n) is 32.7. The largest absolute Gasteiger partial charge is 0.465 e. The fraction of sp³-hybridized carbons (Fsp3) is 0.435. The Hall–Kier alpha value is -4.70. The maximum Gasteiger partial charge on any atom is 0.343 e. The minimum Gasteiger partial charge on any atom is -0.465 e. The maximum absolute atomic E-state index is 12.9. The molecule has 0 bridgehead atoms. The molecule has 1 aliphatic carbocycles. The second kappa shape index (κ2) is 18.3. The summed E-state index contributed by atoms with van der Waals surface area (Å²) in [5, 5.41) is 0. The lowest BCUT2D eigenvalue weighted by molar-refractivity contribution is -0.0978. The minimum atomic E-state index is -0.445. The van der Waals surface area contributed by atoms with E-state index >= 15 is 0 Å². The van der Waals surface area contributed by atoms with Gasteiger partial charge < -0.3 is 33.2 Å². The average molecular weight is 751 g/mol. The topological polar surface area (TPSA) is 102 Å². The smallest absolute Gasteiger partial charge is 0.343 e. The van der Waals surface area contributed by atoms with Gasteiger partial charge in [-0.25, -0.2) is 9.59 Å². The fourth-order valence-corrected chi connectivity index (χ4v) is 5.96. The predicted octanol–water partition coefficient (Wildman–Crippen LogP) is 10.1. The van der Waals surface area contributed by atoms with Gasteiger partial charge in [-0.1, -0.05) is 64.8 Å². The van der Waals surface area contributed by atoms with E-state index in [1.807, 2.05) is 55.5 Å². The summed E-state index contributed by atoms with van der Waals surface area (Å²) >= 11 is 0. The van der Waals surface area contributed by atoms with E-state index in [1.54, 1.807) is 48.5 Å². The van der Waals surface area contributed by atoms with E-state index in [2.05, 4.69) is 27.7 Å². The Morgan fingerprint density at radius 3 is 1.51 bits per heavy atom. The Bertz CT molecular complexity index is 1830. The van der Waals surface area contributed by atoms with Crippen LogP contribution in [0.2, 0.25) is 0 Å². The standard InChI is InChI=1S/C46H54O9/c1-6-8-41(49-29-45(4)26-27-45)52-37-22-14-36(15-23-37)44(48)55-40-20-12-34(13-21-40)32(3)28-33-10-18-39(19-11-33)54-43(47)35-16-24-38(25-17-35)53-42(9-7-2)50-30-46(5)31-51-46/h10-25,32,41-42H,6-9,26-31H2,1-5H3. The van der Waals surface area contributed by atoms with Gasteiger partial charge in [-0.15, -0.1) is 0 Å². The summed E-state index contributed by atoms with van der Waals surface area (Å²) in [6, 6.07) is 29.0. The molecule has 4 atom stereocenters. The quantitative estimate of drug-likeness (QED) is 0.0356. The molecule has 1 heterocycles. The molecule has 9 heteroatoms. The molecule has 0 spiro atoms. The van der Waals surface area contributed by atoms with Crippen molar-refractivity contribution in [3.8, 4) is 23.0 Å². The molecule has 2 fully saturated rings. The van der Waals surface area contributed by atoms with Crippen LogP contribution in [0.25, 0.3) is 0 Å². The number of carbonyl (C=O) groups is 2. The van der Waals surface area contributed by atoms with E-state index in [1.165, 1.54) is 12.8 Å². The van der Waals surface area contributed by atoms with Gasteiger partial charge in [0.05, 0.1) is 30.9 Å². The molecular weight excluding hydrogens is 696 g/mol. The summed E-state index contributed by atoms with van der Waals surface area (Å²) in [6.45, 7) is 12.5. The van der Waals surface area contributed by atoms with Crippen LogP contribution >= 0.6 is 0 Å². The van der Waals surface area contributed by atoms with Crippen molar-refractivity contribution in [2.75, 3.05) is 19.8 Å². The first-order valence-corrected chi connectivity index (χ1v) is 19.6. The van der Waals surface area contributed by atoms with Gasteiger partial charge in [-0.3, -0.25) is 0 Å². The van der Waals surface area contributed by atoms with Crippen LogP contribution in [0, 0.1) is 5.41 Å². The Morgan fingerprint density at radius 2 is 1.07 bits per heavy atom. The van der Waals surface area contributed by atoms with E-state index in [0.29, 0.717) is 53.9 Å². The van der Waals surface area contributed by atoms with Crippen molar-refractivity contribution >= 4 is 11.9 Å². The second-order valence-corrected chi connectivity index (χ2v) is 15.5. The Morgan fingerprint density at radius 1 is 0.636 bits per heavy atom. The number of epoxide rings is 1. The lowest BCUT2D eigenvalue weighted by Crippen LogP contribution is -2.26. The van der Waals surface area contributed by atoms with Gasteiger partial charge in [0, 0.05) is 12.8 Å². The van der Waals surface area contributed by atoms with Crippen molar-refractivity contribution in [2.24, 2.45) is 5.41 Å². The van der Waals surface area contributed by atoms with E-state index in [4.69, 9.17) is 33.2 Å². The lowest BCUT2D eigenvalue weighted by Gasteiger charge is -2.21. The summed E-state index contributed by atoms with van der Waals surface area (Å²) in [5.41, 5.74) is 3.17. The van der Waals surface area contributed by atoms with Crippen molar-refractivity contribution in [1.29, 1.82) is 0 Å². The zero-order valence-corrected chi connectivity index (χ0v) is 32.7. The molecule has 6 rings (SSSR count). The number of hydrogen-bond acceptors (Lipinski definition) is 9. The monoisotopic (exact) mass is 750 g/mol. The van der Waals surface area contributed by atoms with Crippen molar-refractivity contribution in [3.05, 3.63) is 119 Å². The second-order valence-electron chi connectivity index (χ2n) is 15.5. The fourth-order valence-electron chi connectivity index (χ4n) is 5.96. The number of rotatable bonds is 21. The SMILES string of the molecule is CCCC(OCC1(C)CC1)Oc1ccc(C(=O)Oc2ccc(C(C)Cc3ccc(OC(=O)c4ccc(OC(CCC)OCC5(C)CO5)cc4)cc3)cc2)cc1. The van der Waals surface area contributed by atoms with Gasteiger partial charge in [0.25, 0.3) is 0 Å². The molecule has 4 unspecified atom stereocenters. The van der Waals surface area contributed by atoms with Crippen LogP contribution in [-0.4, -0.2) is 49.9 Å². The molecule has 1 saturated carbocycles. The summed E-state index contributed by atoms with van der Waals surface area (Å²) in [5.74, 6) is 1.55. The molecule has 55 heavy (non-hydrogen) atoms. The van der Waals surface area contributed by atoms with Crippen LogP contribution in [0.3, 0.4) is 0 Å². The van der Waals surface area contributed by atoms with Gasteiger partial charge in [-0.05, 0) is 121 Å². The number of hydrogen-bond donors (Lipinski definition) is 0. The minimum absolute atomic E-state index is 0.200. The van der Waals surface area contributed by atoms with Crippen molar-refractivity contribution in [2.45, 2.75) is 104 Å². The molecule has 0 amide bonds. The Labute approximate surface area is 325 Å². The molecule has 4 aromatic carbocycles. The third kappa shape index (κ3) is 12.1. The van der Waals surface area contributed by atoms with Crippen molar-refractivity contribution < 1.29 is 42.7 Å². The third-order valence-electron chi connectivity index (χ3n) is 10.0. The molecule has 292 valence electrons. The van der Waals surface area contributed by atoms with Crippen LogP contribution in [0.4, 0.5) is 0 Å². The highest BCUT2D eigenvalue weighted by Gasteiger charge is 2.40. The molecule has 2 aliphatic rings. The van der Waals surface area contributed by atoms with Crippen LogP contribution in [0.15, 0.2) is 97.1 Å². The van der Waals surface area contributed by atoms with Crippen LogP contribution in [0.5, 0.6) is 23.0 Å². The lowest BCUT2D eigenvalue weighted by atomic mass is 9.94. The summed E-state index contributed by atoms with van der Waals surface area (Å²) in [7, 11) is 0. The summed E-state index contributed by atoms with van der Waals surface area (Å²) in [6.07, 6.45) is 5.92. The van der Waals surface area contributed by atoms with E-state index < -0.39 is 11.9 Å². The molecular formula is C46H54O9. The normalized spacial score (nSPS) is 18.4. The average Bonchev–Trinajstić information content (AvgIpc) is 4.12. The van der Waals surface area contributed by atoms with Gasteiger partial charge in [0.15, 0.2) is 12.6 Å². The molecule has 0 N–H and O–H groups in total. The highest BCUT2D eigenvalue weighted by atomic mass is 16.7. The predicted molar refractivity (Wildman–Crippen MR) is 210 cm³/mol. The summed E-state index contributed by atoms with van der Waals surface area (Å²) in [4.78, 5) is 25.8. The Balaban J connectivity index is 0.938. The van der Waals surface area contributed by atoms with Gasteiger partial charge in [0.1, 0.15) is 28.6 Å². The number of benzene rings is 4. The number of carbonyl (C=O) groups excluding carboxylic acids is 2. The first-order valence-electron chi connectivity index (χ1n) is 19.6. The van der Waals surface area contributed by atoms with Crippen molar-refractivity contribution in [3.63, 3.8) is 0 Å². The third-order valence-corrected chi connectivity index (χ3v) is 10.0.